The first-order valence-electron chi connectivity index (χ1n) is 18.6. The summed E-state index contributed by atoms with van der Waals surface area (Å²) in [5.74, 6) is 2.43. The SMILES string of the molecule is c1ccc(-c2ccc(-c3nc(-c4ccccc4)nc(-c4ccc5c(c4)c4c6c(ccc7nc(-c8ccccc8)oc76)ccc4n5-c4ccccc4)n3)cc2)cc1. The Morgan fingerprint density at radius 1 is 0.375 bits per heavy atom. The van der Waals surface area contributed by atoms with Crippen LogP contribution in [0.5, 0.6) is 0 Å². The topological polar surface area (TPSA) is 69.6 Å². The van der Waals surface area contributed by atoms with Gasteiger partial charge in [0.2, 0.25) is 5.89 Å². The normalized spacial score (nSPS) is 11.6. The van der Waals surface area contributed by atoms with E-state index in [-0.39, 0.29) is 0 Å². The molecule has 3 heterocycles. The third-order valence-electron chi connectivity index (χ3n) is 10.5. The summed E-state index contributed by atoms with van der Waals surface area (Å²) in [6.07, 6.45) is 0. The van der Waals surface area contributed by atoms with Crippen molar-refractivity contribution in [3.63, 3.8) is 0 Å². The van der Waals surface area contributed by atoms with Crippen LogP contribution in [0, 0.1) is 0 Å². The van der Waals surface area contributed by atoms with Crippen LogP contribution in [0.4, 0.5) is 0 Å². The highest BCUT2D eigenvalue weighted by Crippen LogP contribution is 2.42. The second-order valence-electron chi connectivity index (χ2n) is 13.9. The summed E-state index contributed by atoms with van der Waals surface area (Å²) in [7, 11) is 0. The van der Waals surface area contributed by atoms with Gasteiger partial charge >= 0.3 is 0 Å². The molecule has 3 aromatic heterocycles. The molecular formula is C50H31N5O. The minimum absolute atomic E-state index is 0.597. The zero-order chi connectivity index (χ0) is 37.0. The molecule has 6 nitrogen and oxygen atoms in total. The maximum absolute atomic E-state index is 6.67. The van der Waals surface area contributed by atoms with Crippen molar-refractivity contribution >= 4 is 43.7 Å². The highest BCUT2D eigenvalue weighted by Gasteiger charge is 2.21. The summed E-state index contributed by atoms with van der Waals surface area (Å²) in [5.41, 5.74) is 10.7. The van der Waals surface area contributed by atoms with E-state index in [0.29, 0.717) is 23.4 Å². The van der Waals surface area contributed by atoms with Gasteiger partial charge in [-0.15, -0.1) is 0 Å². The van der Waals surface area contributed by atoms with Gasteiger partial charge < -0.3 is 8.98 Å². The van der Waals surface area contributed by atoms with Gasteiger partial charge in [-0.2, -0.15) is 0 Å². The number of aromatic nitrogens is 5. The number of fused-ring (bicyclic) bond motifs is 7. The molecule has 0 atom stereocenters. The van der Waals surface area contributed by atoms with E-state index in [4.69, 9.17) is 24.4 Å². The Bertz CT molecular complexity index is 3210. The Morgan fingerprint density at radius 3 is 1.55 bits per heavy atom. The van der Waals surface area contributed by atoms with E-state index in [2.05, 4.69) is 114 Å². The van der Waals surface area contributed by atoms with Gasteiger partial charge in [0.05, 0.1) is 11.0 Å². The highest BCUT2D eigenvalue weighted by molar-refractivity contribution is 6.27. The van der Waals surface area contributed by atoms with Gasteiger partial charge in [-0.25, -0.2) is 19.9 Å². The Balaban J connectivity index is 1.16. The average molecular weight is 718 g/mol. The summed E-state index contributed by atoms with van der Waals surface area (Å²) >= 11 is 0. The number of para-hydroxylation sites is 1. The molecule has 8 aromatic carbocycles. The van der Waals surface area contributed by atoms with E-state index >= 15 is 0 Å². The fourth-order valence-electron chi connectivity index (χ4n) is 7.80. The molecule has 6 heteroatoms. The van der Waals surface area contributed by atoms with Gasteiger partial charge in [0, 0.05) is 44.1 Å². The van der Waals surface area contributed by atoms with Crippen LogP contribution in [0.2, 0.25) is 0 Å². The van der Waals surface area contributed by atoms with Crippen molar-refractivity contribution in [1.29, 1.82) is 0 Å². The minimum atomic E-state index is 0.597. The lowest BCUT2D eigenvalue weighted by molar-refractivity contribution is 0.623. The van der Waals surface area contributed by atoms with Gasteiger partial charge in [-0.3, -0.25) is 0 Å². The number of rotatable bonds is 6. The number of hydrogen-bond acceptors (Lipinski definition) is 5. The summed E-state index contributed by atoms with van der Waals surface area (Å²) in [4.78, 5) is 20.2. The summed E-state index contributed by atoms with van der Waals surface area (Å²) in [6.45, 7) is 0. The van der Waals surface area contributed by atoms with E-state index in [1.165, 1.54) is 0 Å². The van der Waals surface area contributed by atoms with Crippen LogP contribution >= 0.6 is 0 Å². The molecule has 0 fully saturated rings. The number of hydrogen-bond donors (Lipinski definition) is 0. The molecule has 0 aliphatic heterocycles. The zero-order valence-electron chi connectivity index (χ0n) is 30.0. The second-order valence-corrected chi connectivity index (χ2v) is 13.9. The fraction of sp³-hybridized carbons (Fsp3) is 0. The van der Waals surface area contributed by atoms with Crippen molar-refractivity contribution in [3.05, 3.63) is 188 Å². The monoisotopic (exact) mass is 717 g/mol. The molecule has 0 aliphatic rings. The third-order valence-corrected chi connectivity index (χ3v) is 10.5. The van der Waals surface area contributed by atoms with Crippen LogP contribution in [-0.2, 0) is 0 Å². The summed E-state index contributed by atoms with van der Waals surface area (Å²) in [6, 6.07) is 64.5. The molecule has 0 spiro atoms. The largest absolute Gasteiger partial charge is 0.435 e. The first kappa shape index (κ1) is 31.8. The van der Waals surface area contributed by atoms with E-state index in [1.54, 1.807) is 0 Å². The number of nitrogens with zero attached hydrogens (tertiary/aromatic N) is 5. The van der Waals surface area contributed by atoms with E-state index in [9.17, 15) is 0 Å². The van der Waals surface area contributed by atoms with E-state index < -0.39 is 0 Å². The van der Waals surface area contributed by atoms with Crippen LogP contribution in [-0.4, -0.2) is 24.5 Å². The Kier molecular flexibility index (Phi) is 7.38. The Labute approximate surface area is 322 Å². The molecule has 0 bridgehead atoms. The molecule has 11 aromatic rings. The molecule has 0 aliphatic carbocycles. The smallest absolute Gasteiger partial charge is 0.227 e. The lowest BCUT2D eigenvalue weighted by Gasteiger charge is -2.10. The maximum atomic E-state index is 6.67. The number of benzene rings is 8. The fourth-order valence-corrected chi connectivity index (χ4v) is 7.80. The predicted molar refractivity (Wildman–Crippen MR) is 226 cm³/mol. The molecule has 11 rings (SSSR count). The summed E-state index contributed by atoms with van der Waals surface area (Å²) in [5, 5.41) is 4.24. The molecule has 0 radical (unpaired) electrons. The molecule has 0 saturated heterocycles. The van der Waals surface area contributed by atoms with Gasteiger partial charge in [0.15, 0.2) is 23.1 Å². The first-order valence-corrected chi connectivity index (χ1v) is 18.6. The van der Waals surface area contributed by atoms with Crippen LogP contribution < -0.4 is 0 Å². The second kappa shape index (κ2) is 13.0. The molecular weight excluding hydrogens is 687 g/mol. The first-order chi connectivity index (χ1) is 27.7. The Morgan fingerprint density at radius 2 is 0.875 bits per heavy atom. The van der Waals surface area contributed by atoms with Crippen molar-refractivity contribution in [2.75, 3.05) is 0 Å². The van der Waals surface area contributed by atoms with Crippen LogP contribution in [0.1, 0.15) is 0 Å². The minimum Gasteiger partial charge on any atom is -0.435 e. The van der Waals surface area contributed by atoms with Crippen molar-refractivity contribution in [3.8, 4) is 62.4 Å². The Hall–Kier alpha value is -7.70. The van der Waals surface area contributed by atoms with Gasteiger partial charge in [-0.05, 0) is 71.1 Å². The van der Waals surface area contributed by atoms with Crippen LogP contribution in [0.3, 0.4) is 0 Å². The van der Waals surface area contributed by atoms with Crippen molar-refractivity contribution in [2.45, 2.75) is 0 Å². The van der Waals surface area contributed by atoms with Crippen LogP contribution in [0.15, 0.2) is 192 Å². The molecule has 0 amide bonds. The lowest BCUT2D eigenvalue weighted by Crippen LogP contribution is -2.00. The molecule has 56 heavy (non-hydrogen) atoms. The van der Waals surface area contributed by atoms with E-state index in [0.717, 1.165) is 82.7 Å². The van der Waals surface area contributed by atoms with E-state index in [1.807, 2.05) is 78.9 Å². The molecule has 0 unspecified atom stereocenters. The van der Waals surface area contributed by atoms with Gasteiger partial charge in [-0.1, -0.05) is 133 Å². The van der Waals surface area contributed by atoms with Gasteiger partial charge in [0.1, 0.15) is 5.52 Å². The zero-order valence-corrected chi connectivity index (χ0v) is 30.0. The number of oxazole rings is 1. The standard InChI is InChI=1S/C50H31N5O/c1-5-13-32(14-6-1)33-21-23-36(24-22-33)48-52-47(35-15-7-2-8-16-35)53-49(54-48)38-27-29-42-40(31-38)45-43(55(42)39-19-11-4-12-20-39)30-26-34-25-28-41-46(44(34)45)56-50(51-41)37-17-9-3-10-18-37/h1-31H. The van der Waals surface area contributed by atoms with Gasteiger partial charge in [0.25, 0.3) is 0 Å². The maximum Gasteiger partial charge on any atom is 0.227 e. The quantitative estimate of drug-likeness (QED) is 0.171. The average Bonchev–Trinajstić information content (AvgIpc) is 3.87. The van der Waals surface area contributed by atoms with Crippen LogP contribution in [0.25, 0.3) is 106 Å². The molecule has 0 saturated carbocycles. The van der Waals surface area contributed by atoms with Crippen molar-refractivity contribution < 1.29 is 4.42 Å². The predicted octanol–water partition coefficient (Wildman–Crippen LogP) is 12.6. The molecule has 262 valence electrons. The summed E-state index contributed by atoms with van der Waals surface area (Å²) < 4.78 is 8.99. The van der Waals surface area contributed by atoms with Crippen molar-refractivity contribution in [2.24, 2.45) is 0 Å². The molecule has 0 N–H and O–H groups in total. The highest BCUT2D eigenvalue weighted by atomic mass is 16.3. The lowest BCUT2D eigenvalue weighted by atomic mass is 10.0. The van der Waals surface area contributed by atoms with Crippen molar-refractivity contribution in [1.82, 2.24) is 24.5 Å². The third kappa shape index (κ3) is 5.35.